The summed E-state index contributed by atoms with van der Waals surface area (Å²) in [6, 6.07) is 15.3. The van der Waals surface area contributed by atoms with Crippen molar-refractivity contribution in [2.45, 2.75) is 0 Å². The van der Waals surface area contributed by atoms with Crippen molar-refractivity contribution in [2.24, 2.45) is 0 Å². The summed E-state index contributed by atoms with van der Waals surface area (Å²) in [6.07, 6.45) is 1.66. The maximum Gasteiger partial charge on any atom is 0.231 e. The minimum atomic E-state index is 0.236. The van der Waals surface area contributed by atoms with Crippen LogP contribution in [-0.4, -0.2) is 18.9 Å². The summed E-state index contributed by atoms with van der Waals surface area (Å²) in [4.78, 5) is 4.59. The summed E-state index contributed by atoms with van der Waals surface area (Å²) in [5, 5.41) is 15.2. The van der Waals surface area contributed by atoms with E-state index in [0.29, 0.717) is 16.3 Å². The fraction of sp³-hybridized carbons (Fsp3) is 0.100. The molecular formula is C20H15N3O3S. The van der Waals surface area contributed by atoms with Crippen LogP contribution in [0.2, 0.25) is 0 Å². The number of aromatic nitrogens is 1. The Kier molecular flexibility index (Phi) is 4.64. The van der Waals surface area contributed by atoms with Gasteiger partial charge in [-0.05, 0) is 42.5 Å². The smallest absolute Gasteiger partial charge is 0.231 e. The van der Waals surface area contributed by atoms with E-state index in [0.717, 1.165) is 28.4 Å². The van der Waals surface area contributed by atoms with Crippen LogP contribution in [0.5, 0.6) is 17.2 Å². The number of thiazole rings is 1. The van der Waals surface area contributed by atoms with Gasteiger partial charge in [-0.25, -0.2) is 4.98 Å². The van der Waals surface area contributed by atoms with Crippen LogP contribution in [0.1, 0.15) is 5.01 Å². The van der Waals surface area contributed by atoms with Crippen LogP contribution in [0.15, 0.2) is 54.0 Å². The van der Waals surface area contributed by atoms with Crippen molar-refractivity contribution >= 4 is 22.6 Å². The lowest BCUT2D eigenvalue weighted by Crippen LogP contribution is -1.92. The number of ether oxygens (including phenoxy) is 3. The van der Waals surface area contributed by atoms with Gasteiger partial charge in [0.1, 0.15) is 22.4 Å². The lowest BCUT2D eigenvalue weighted by atomic mass is 10.1. The number of anilines is 1. The van der Waals surface area contributed by atoms with E-state index in [1.165, 1.54) is 11.3 Å². The molecule has 1 N–H and O–H groups in total. The second-order valence-electron chi connectivity index (χ2n) is 5.65. The zero-order chi connectivity index (χ0) is 18.6. The highest BCUT2D eigenvalue weighted by molar-refractivity contribution is 7.11. The summed E-state index contributed by atoms with van der Waals surface area (Å²) in [6.45, 7) is 0.236. The van der Waals surface area contributed by atoms with Crippen LogP contribution in [0.25, 0.3) is 16.8 Å². The van der Waals surface area contributed by atoms with Crippen LogP contribution in [0.3, 0.4) is 0 Å². The molecule has 1 aromatic heterocycles. The van der Waals surface area contributed by atoms with Gasteiger partial charge < -0.3 is 19.5 Å². The Labute approximate surface area is 160 Å². The standard InChI is InChI=1S/C20H15N3O3S/c1-24-16-5-3-15(4-6-16)22-10-14(9-21)20-23-17(11-27-20)13-2-7-18-19(8-13)26-12-25-18/h2-8,10-11,22H,12H2,1H3. The lowest BCUT2D eigenvalue weighted by Gasteiger charge is -2.03. The molecule has 3 aromatic rings. The first-order valence-electron chi connectivity index (χ1n) is 8.13. The molecule has 0 aliphatic carbocycles. The third kappa shape index (κ3) is 3.57. The number of fused-ring (bicyclic) bond motifs is 1. The topological polar surface area (TPSA) is 76.4 Å². The highest BCUT2D eigenvalue weighted by Crippen LogP contribution is 2.36. The number of allylic oxidation sites excluding steroid dienone is 1. The molecule has 0 radical (unpaired) electrons. The number of hydrogen-bond acceptors (Lipinski definition) is 7. The van der Waals surface area contributed by atoms with Crippen molar-refractivity contribution in [2.75, 3.05) is 19.2 Å². The van der Waals surface area contributed by atoms with Gasteiger partial charge in [0.2, 0.25) is 6.79 Å². The van der Waals surface area contributed by atoms with Gasteiger partial charge in [0, 0.05) is 22.8 Å². The van der Waals surface area contributed by atoms with Gasteiger partial charge >= 0.3 is 0 Å². The first-order valence-corrected chi connectivity index (χ1v) is 9.01. The third-order valence-electron chi connectivity index (χ3n) is 4.00. The fourth-order valence-electron chi connectivity index (χ4n) is 2.57. The molecule has 0 bridgehead atoms. The Morgan fingerprint density at radius 2 is 2.04 bits per heavy atom. The molecule has 0 spiro atoms. The molecule has 2 aromatic carbocycles. The molecule has 0 saturated carbocycles. The summed E-state index contributed by atoms with van der Waals surface area (Å²) < 4.78 is 15.9. The Hall–Kier alpha value is -3.50. The molecule has 0 unspecified atom stereocenters. The largest absolute Gasteiger partial charge is 0.497 e. The van der Waals surface area contributed by atoms with Crippen molar-refractivity contribution in [3.63, 3.8) is 0 Å². The Morgan fingerprint density at radius 3 is 2.81 bits per heavy atom. The molecule has 1 aliphatic heterocycles. The van der Waals surface area contributed by atoms with Gasteiger partial charge in [-0.1, -0.05) is 0 Å². The van der Waals surface area contributed by atoms with Crippen LogP contribution < -0.4 is 19.5 Å². The number of nitrogens with zero attached hydrogens (tertiary/aromatic N) is 2. The first kappa shape index (κ1) is 16.9. The first-order chi connectivity index (χ1) is 13.3. The van der Waals surface area contributed by atoms with Crippen molar-refractivity contribution in [1.29, 1.82) is 5.26 Å². The second-order valence-corrected chi connectivity index (χ2v) is 6.51. The third-order valence-corrected chi connectivity index (χ3v) is 4.87. The zero-order valence-electron chi connectivity index (χ0n) is 14.4. The molecule has 2 heterocycles. The highest BCUT2D eigenvalue weighted by Gasteiger charge is 2.15. The Morgan fingerprint density at radius 1 is 1.22 bits per heavy atom. The number of hydrogen-bond donors (Lipinski definition) is 1. The highest BCUT2D eigenvalue weighted by atomic mass is 32.1. The van der Waals surface area contributed by atoms with Crippen molar-refractivity contribution in [1.82, 2.24) is 4.98 Å². The van der Waals surface area contributed by atoms with Crippen molar-refractivity contribution < 1.29 is 14.2 Å². The SMILES string of the molecule is COc1ccc(NC=C(C#N)c2nc(-c3ccc4c(c3)OCO4)cs2)cc1. The fourth-order valence-corrected chi connectivity index (χ4v) is 3.37. The molecule has 134 valence electrons. The van der Waals surface area contributed by atoms with Gasteiger partial charge in [0.25, 0.3) is 0 Å². The van der Waals surface area contributed by atoms with E-state index in [1.807, 2.05) is 47.8 Å². The van der Waals surface area contributed by atoms with E-state index in [9.17, 15) is 5.26 Å². The van der Waals surface area contributed by atoms with Gasteiger partial charge in [-0.2, -0.15) is 5.26 Å². The molecule has 6 nitrogen and oxygen atoms in total. The minimum Gasteiger partial charge on any atom is -0.497 e. The molecule has 27 heavy (non-hydrogen) atoms. The van der Waals surface area contributed by atoms with E-state index in [4.69, 9.17) is 14.2 Å². The minimum absolute atomic E-state index is 0.236. The monoisotopic (exact) mass is 377 g/mol. The number of nitriles is 1. The molecule has 0 atom stereocenters. The predicted octanol–water partition coefficient (Wildman–Crippen LogP) is 4.52. The lowest BCUT2D eigenvalue weighted by molar-refractivity contribution is 0.174. The average molecular weight is 377 g/mol. The van der Waals surface area contributed by atoms with Crippen LogP contribution >= 0.6 is 11.3 Å². The normalized spacial score (nSPS) is 12.5. The van der Waals surface area contributed by atoms with Gasteiger partial charge in [-0.15, -0.1) is 11.3 Å². The summed E-state index contributed by atoms with van der Waals surface area (Å²) >= 11 is 1.42. The summed E-state index contributed by atoms with van der Waals surface area (Å²) in [5.74, 6) is 2.22. The van der Waals surface area contributed by atoms with Crippen molar-refractivity contribution in [3.8, 4) is 34.6 Å². The van der Waals surface area contributed by atoms with Crippen LogP contribution in [0, 0.1) is 11.3 Å². The Bertz CT molecular complexity index is 1040. The molecule has 7 heteroatoms. The average Bonchev–Trinajstić information content (AvgIpc) is 3.38. The van der Waals surface area contributed by atoms with E-state index < -0.39 is 0 Å². The molecular weight excluding hydrogens is 362 g/mol. The maximum atomic E-state index is 9.50. The summed E-state index contributed by atoms with van der Waals surface area (Å²) in [7, 11) is 1.62. The number of nitrogens with one attached hydrogen (secondary N) is 1. The van der Waals surface area contributed by atoms with E-state index in [-0.39, 0.29) is 6.79 Å². The summed E-state index contributed by atoms with van der Waals surface area (Å²) in [5.41, 5.74) is 3.03. The second kappa shape index (κ2) is 7.40. The molecule has 0 fully saturated rings. The number of rotatable bonds is 5. The predicted molar refractivity (Wildman–Crippen MR) is 104 cm³/mol. The number of methoxy groups -OCH3 is 1. The molecule has 0 saturated heterocycles. The van der Waals surface area contributed by atoms with Crippen LogP contribution in [0.4, 0.5) is 5.69 Å². The van der Waals surface area contributed by atoms with Gasteiger partial charge in [-0.3, -0.25) is 0 Å². The quantitative estimate of drug-likeness (QED) is 0.659. The van der Waals surface area contributed by atoms with E-state index in [1.54, 1.807) is 13.3 Å². The molecule has 1 aliphatic rings. The number of benzene rings is 2. The maximum absolute atomic E-state index is 9.50. The van der Waals surface area contributed by atoms with Crippen LogP contribution in [-0.2, 0) is 0 Å². The zero-order valence-corrected chi connectivity index (χ0v) is 15.2. The van der Waals surface area contributed by atoms with E-state index in [2.05, 4.69) is 16.4 Å². The van der Waals surface area contributed by atoms with Crippen molar-refractivity contribution in [3.05, 3.63) is 59.1 Å². The molecule has 4 rings (SSSR count). The van der Waals surface area contributed by atoms with Gasteiger partial charge in [0.15, 0.2) is 11.5 Å². The molecule has 0 amide bonds. The Balaban J connectivity index is 1.54. The van der Waals surface area contributed by atoms with E-state index >= 15 is 0 Å². The van der Waals surface area contributed by atoms with Gasteiger partial charge in [0.05, 0.1) is 12.8 Å².